The zero-order chi connectivity index (χ0) is 33.1. The zero-order valence-electron chi connectivity index (χ0n) is 27.5. The fraction of sp³-hybridized carbons (Fsp3) is 0.268. The van der Waals surface area contributed by atoms with Crippen LogP contribution in [0.3, 0.4) is 0 Å². The van der Waals surface area contributed by atoms with Crippen LogP contribution >= 0.6 is 0 Å². The van der Waals surface area contributed by atoms with Crippen LogP contribution in [-0.2, 0) is 27.6 Å². The average Bonchev–Trinajstić information content (AvgIpc) is 3.41. The third kappa shape index (κ3) is 5.30. The smallest absolute Gasteiger partial charge is 0.269 e. The van der Waals surface area contributed by atoms with Gasteiger partial charge in [0.25, 0.3) is 10.0 Å². The van der Waals surface area contributed by atoms with E-state index in [0.29, 0.717) is 23.8 Å². The summed E-state index contributed by atoms with van der Waals surface area (Å²) in [6, 6.07) is 31.5. The number of hydrogen-bond acceptors (Lipinski definition) is 6. The van der Waals surface area contributed by atoms with E-state index in [0.717, 1.165) is 70.5 Å². The molecule has 0 amide bonds. The van der Waals surface area contributed by atoms with Gasteiger partial charge in [0.05, 0.1) is 23.8 Å². The van der Waals surface area contributed by atoms with Gasteiger partial charge in [0.1, 0.15) is 0 Å². The number of morpholine rings is 1. The van der Waals surface area contributed by atoms with Gasteiger partial charge in [0.2, 0.25) is 0 Å². The molecule has 5 heterocycles. The summed E-state index contributed by atoms with van der Waals surface area (Å²) >= 11 is 0. The molecule has 2 saturated heterocycles. The first kappa shape index (κ1) is 30.4. The van der Waals surface area contributed by atoms with Crippen LogP contribution in [0.1, 0.15) is 36.0 Å². The van der Waals surface area contributed by atoms with E-state index in [2.05, 4.69) is 59.3 Å². The number of aryl methyl sites for hydroxylation is 3. The Balaban J connectivity index is 1.10. The molecule has 7 nitrogen and oxygen atoms in total. The SMILES string of the molecule is Cc1cccnc1-c1ccc(-c2cn(S(=O)(=O)c3ccccc3)c3ncc(-c4ccc5c(c4)CC[C@@H](N4C6COCC4C6)CC5)cc23)cc1. The number of pyridine rings is 2. The summed E-state index contributed by atoms with van der Waals surface area (Å²) in [7, 11) is -3.89. The Hall–Kier alpha value is -4.63. The van der Waals surface area contributed by atoms with Crippen molar-refractivity contribution in [2.45, 2.75) is 62.0 Å². The zero-order valence-corrected chi connectivity index (χ0v) is 28.3. The first-order chi connectivity index (χ1) is 23.9. The molecule has 1 aliphatic carbocycles. The molecule has 0 N–H and O–H groups in total. The van der Waals surface area contributed by atoms with Crippen molar-refractivity contribution in [1.29, 1.82) is 0 Å². The Morgan fingerprint density at radius 3 is 2.22 bits per heavy atom. The Bertz CT molecular complexity index is 2290. The number of aromatic nitrogens is 3. The molecule has 3 aromatic carbocycles. The minimum absolute atomic E-state index is 0.226. The maximum atomic E-state index is 14.0. The van der Waals surface area contributed by atoms with E-state index < -0.39 is 10.0 Å². The summed E-state index contributed by atoms with van der Waals surface area (Å²) in [6.07, 6.45) is 11.1. The Kier molecular flexibility index (Phi) is 7.49. The second-order valence-corrected chi connectivity index (χ2v) is 15.6. The summed E-state index contributed by atoms with van der Waals surface area (Å²) in [4.78, 5) is 12.4. The van der Waals surface area contributed by atoms with Gasteiger partial charge in [-0.05, 0) is 91.1 Å². The molecule has 3 aromatic heterocycles. The molecular weight excluding hydrogens is 629 g/mol. The molecule has 49 heavy (non-hydrogen) atoms. The minimum Gasteiger partial charge on any atom is -0.378 e. The van der Waals surface area contributed by atoms with Gasteiger partial charge in [-0.25, -0.2) is 17.4 Å². The van der Waals surface area contributed by atoms with E-state index in [9.17, 15) is 8.42 Å². The van der Waals surface area contributed by atoms with Crippen molar-refractivity contribution in [3.8, 4) is 33.5 Å². The number of ether oxygens (including phenoxy) is 1. The molecule has 2 bridgehead atoms. The van der Waals surface area contributed by atoms with Crippen LogP contribution in [-0.4, -0.2) is 58.6 Å². The normalized spacial score (nSPS) is 20.8. The lowest BCUT2D eigenvalue weighted by atomic mass is 9.87. The van der Waals surface area contributed by atoms with Crippen LogP contribution in [0.15, 0.2) is 114 Å². The van der Waals surface area contributed by atoms with Crippen LogP contribution in [0.5, 0.6) is 0 Å². The van der Waals surface area contributed by atoms with Gasteiger partial charge in [-0.2, -0.15) is 0 Å². The molecule has 0 saturated carbocycles. The predicted molar refractivity (Wildman–Crippen MR) is 193 cm³/mol. The third-order valence-corrected chi connectivity index (χ3v) is 12.5. The Labute approximate surface area is 287 Å². The van der Waals surface area contributed by atoms with Gasteiger partial charge in [-0.15, -0.1) is 0 Å². The van der Waals surface area contributed by atoms with E-state index in [1.807, 2.05) is 30.5 Å². The molecule has 0 spiro atoms. The number of benzene rings is 3. The van der Waals surface area contributed by atoms with Crippen LogP contribution in [0.2, 0.25) is 0 Å². The summed E-state index contributed by atoms with van der Waals surface area (Å²) in [5.74, 6) is 0. The van der Waals surface area contributed by atoms with Crippen LogP contribution in [0, 0.1) is 6.92 Å². The first-order valence-corrected chi connectivity index (χ1v) is 18.7. The highest BCUT2D eigenvalue weighted by Crippen LogP contribution is 2.39. The summed E-state index contributed by atoms with van der Waals surface area (Å²) in [5, 5.41) is 0.792. The quantitative estimate of drug-likeness (QED) is 0.170. The van der Waals surface area contributed by atoms with E-state index in [-0.39, 0.29) is 4.90 Å². The fourth-order valence-corrected chi connectivity index (χ4v) is 9.63. The van der Waals surface area contributed by atoms with E-state index in [4.69, 9.17) is 9.72 Å². The van der Waals surface area contributed by atoms with E-state index in [1.54, 1.807) is 36.7 Å². The Morgan fingerprint density at radius 1 is 0.735 bits per heavy atom. The van der Waals surface area contributed by atoms with Crippen LogP contribution in [0.4, 0.5) is 0 Å². The molecule has 6 aromatic rings. The molecule has 2 fully saturated rings. The van der Waals surface area contributed by atoms with Gasteiger partial charge in [0.15, 0.2) is 5.65 Å². The van der Waals surface area contributed by atoms with Gasteiger partial charge < -0.3 is 4.74 Å². The predicted octanol–water partition coefficient (Wildman–Crippen LogP) is 7.70. The molecule has 0 radical (unpaired) electrons. The van der Waals surface area contributed by atoms with Crippen molar-refractivity contribution in [2.75, 3.05) is 13.2 Å². The number of nitrogens with zero attached hydrogens (tertiary/aromatic N) is 4. The molecule has 2 aliphatic heterocycles. The standard InChI is InChI=1S/C41H38N4O3S/c1-27-6-5-19-42-40(27)30-12-10-29(11-13-30)39-24-44(49(46,47)37-7-3-2-4-8-37)41-38(39)21-33(23-43-41)32-14-9-28-15-17-34(18-16-31(28)20-32)45-35-22-36(45)26-48-25-35/h2-14,19-21,23-24,34-36H,15-18,22,25-26H2,1H3/t34-,35?,36?/m0/s1. The summed E-state index contributed by atoms with van der Waals surface area (Å²) < 4.78 is 35.1. The lowest BCUT2D eigenvalue weighted by molar-refractivity contribution is -0.148. The minimum atomic E-state index is -3.89. The highest BCUT2D eigenvalue weighted by molar-refractivity contribution is 7.90. The number of hydrogen-bond donors (Lipinski definition) is 0. The second-order valence-electron chi connectivity index (χ2n) is 13.7. The van der Waals surface area contributed by atoms with E-state index >= 15 is 0 Å². The molecule has 3 aliphatic rings. The van der Waals surface area contributed by atoms with Crippen molar-refractivity contribution < 1.29 is 13.2 Å². The molecule has 2 unspecified atom stereocenters. The maximum absolute atomic E-state index is 14.0. The van der Waals surface area contributed by atoms with Gasteiger partial charge in [0, 0.05) is 58.8 Å². The second kappa shape index (κ2) is 12.1. The highest BCUT2D eigenvalue weighted by Gasteiger charge is 2.45. The largest absolute Gasteiger partial charge is 0.378 e. The highest BCUT2D eigenvalue weighted by atomic mass is 32.2. The van der Waals surface area contributed by atoms with Crippen molar-refractivity contribution in [1.82, 2.24) is 18.8 Å². The number of fused-ring (bicyclic) bond motifs is 4. The van der Waals surface area contributed by atoms with E-state index in [1.165, 1.54) is 34.4 Å². The van der Waals surface area contributed by atoms with Crippen molar-refractivity contribution in [2.24, 2.45) is 0 Å². The lowest BCUT2D eigenvalue weighted by Gasteiger charge is -2.56. The molecule has 8 heteroatoms. The molecule has 246 valence electrons. The van der Waals surface area contributed by atoms with Crippen molar-refractivity contribution in [3.63, 3.8) is 0 Å². The van der Waals surface area contributed by atoms with Crippen LogP contribution in [0.25, 0.3) is 44.5 Å². The lowest BCUT2D eigenvalue weighted by Crippen LogP contribution is -2.66. The maximum Gasteiger partial charge on any atom is 0.269 e. The topological polar surface area (TPSA) is 77.3 Å². The van der Waals surface area contributed by atoms with Gasteiger partial charge in [-0.1, -0.05) is 66.7 Å². The first-order valence-electron chi connectivity index (χ1n) is 17.3. The molecular formula is C41H38N4O3S. The molecule has 3 atom stereocenters. The van der Waals surface area contributed by atoms with Crippen molar-refractivity contribution >= 4 is 21.1 Å². The molecule has 9 rings (SSSR count). The van der Waals surface area contributed by atoms with Crippen LogP contribution < -0.4 is 0 Å². The fourth-order valence-electron chi connectivity index (χ4n) is 8.28. The van der Waals surface area contributed by atoms with Gasteiger partial charge in [-0.3, -0.25) is 9.88 Å². The summed E-state index contributed by atoms with van der Waals surface area (Å²) in [5.41, 5.74) is 10.1. The Morgan fingerprint density at radius 2 is 1.47 bits per heavy atom. The summed E-state index contributed by atoms with van der Waals surface area (Å²) in [6.45, 7) is 3.81. The third-order valence-electron chi connectivity index (χ3n) is 10.9. The van der Waals surface area contributed by atoms with Gasteiger partial charge >= 0.3 is 0 Å². The van der Waals surface area contributed by atoms with Crippen molar-refractivity contribution in [3.05, 3.63) is 126 Å². The monoisotopic (exact) mass is 666 g/mol. The average molecular weight is 667 g/mol. The number of rotatable bonds is 6.